The van der Waals surface area contributed by atoms with Gasteiger partial charge in [-0.3, -0.25) is 0 Å². The van der Waals surface area contributed by atoms with E-state index in [1.807, 2.05) is 6.07 Å². The fraction of sp³-hybridized carbons (Fsp3) is 0.375. The van der Waals surface area contributed by atoms with Gasteiger partial charge in [0, 0.05) is 23.3 Å². The third-order valence-corrected chi connectivity index (χ3v) is 4.20. The molecule has 94 valence electrons. The van der Waals surface area contributed by atoms with Crippen molar-refractivity contribution in [3.63, 3.8) is 0 Å². The van der Waals surface area contributed by atoms with E-state index in [2.05, 4.69) is 38.1 Å². The topological polar surface area (TPSA) is 22.4 Å². The fourth-order valence-corrected chi connectivity index (χ4v) is 3.10. The molecule has 0 aromatic carbocycles. The van der Waals surface area contributed by atoms with Gasteiger partial charge in [0.15, 0.2) is 0 Å². The third kappa shape index (κ3) is 1.48. The summed E-state index contributed by atoms with van der Waals surface area (Å²) >= 11 is 0. The molecule has 0 N–H and O–H groups in total. The van der Waals surface area contributed by atoms with Crippen molar-refractivity contribution in [1.29, 1.82) is 0 Å². The highest BCUT2D eigenvalue weighted by Crippen LogP contribution is 2.53. The van der Waals surface area contributed by atoms with Crippen molar-refractivity contribution in [1.82, 2.24) is 0 Å². The second-order valence-electron chi connectivity index (χ2n) is 5.47. The van der Waals surface area contributed by atoms with Crippen LogP contribution in [-0.4, -0.2) is 7.11 Å². The summed E-state index contributed by atoms with van der Waals surface area (Å²) in [5, 5.41) is 0. The molecule has 1 atom stereocenters. The lowest BCUT2D eigenvalue weighted by Gasteiger charge is -2.40. The van der Waals surface area contributed by atoms with Gasteiger partial charge in [-0.05, 0) is 17.7 Å². The zero-order chi connectivity index (χ0) is 12.8. The van der Waals surface area contributed by atoms with Crippen LogP contribution in [0.3, 0.4) is 0 Å². The molecule has 2 aliphatic carbocycles. The Labute approximate surface area is 108 Å². The van der Waals surface area contributed by atoms with Crippen molar-refractivity contribution in [2.75, 3.05) is 7.11 Å². The molecule has 3 rings (SSSR count). The molecule has 2 nitrogen and oxygen atoms in total. The van der Waals surface area contributed by atoms with Crippen LogP contribution in [0.25, 0.3) is 0 Å². The van der Waals surface area contributed by atoms with E-state index >= 15 is 0 Å². The van der Waals surface area contributed by atoms with Crippen LogP contribution in [-0.2, 0) is 4.74 Å². The van der Waals surface area contributed by atoms with E-state index in [9.17, 15) is 0 Å². The normalized spacial score (nSPS) is 25.1. The van der Waals surface area contributed by atoms with Gasteiger partial charge in [0.05, 0.1) is 13.4 Å². The summed E-state index contributed by atoms with van der Waals surface area (Å²) in [7, 11) is 1.75. The first-order valence-corrected chi connectivity index (χ1v) is 6.34. The maximum atomic E-state index is 5.62. The number of hydrogen-bond acceptors (Lipinski definition) is 2. The van der Waals surface area contributed by atoms with Crippen molar-refractivity contribution >= 4 is 0 Å². The SMILES string of the molecule is COC1=C2C=CC=C2C(C)(C)C(c2ccco2)C1. The average Bonchev–Trinajstić information content (AvgIpc) is 2.99. The lowest BCUT2D eigenvalue weighted by Crippen LogP contribution is -2.29. The minimum Gasteiger partial charge on any atom is -0.500 e. The van der Waals surface area contributed by atoms with Crippen LogP contribution in [0, 0.1) is 5.41 Å². The highest BCUT2D eigenvalue weighted by molar-refractivity contribution is 5.56. The number of furan rings is 1. The van der Waals surface area contributed by atoms with Gasteiger partial charge in [-0.2, -0.15) is 0 Å². The van der Waals surface area contributed by atoms with E-state index < -0.39 is 0 Å². The highest BCUT2D eigenvalue weighted by atomic mass is 16.5. The van der Waals surface area contributed by atoms with E-state index in [1.54, 1.807) is 13.4 Å². The van der Waals surface area contributed by atoms with Crippen LogP contribution in [0.5, 0.6) is 0 Å². The Balaban J connectivity index is 2.10. The zero-order valence-electron chi connectivity index (χ0n) is 11.1. The first-order valence-electron chi connectivity index (χ1n) is 6.34. The Morgan fingerprint density at radius 1 is 1.39 bits per heavy atom. The Morgan fingerprint density at radius 3 is 2.89 bits per heavy atom. The van der Waals surface area contributed by atoms with Crippen LogP contribution in [0.15, 0.2) is 57.9 Å². The summed E-state index contributed by atoms with van der Waals surface area (Å²) in [5.41, 5.74) is 2.68. The van der Waals surface area contributed by atoms with Crippen LogP contribution in [0.1, 0.15) is 31.9 Å². The number of rotatable bonds is 2. The third-order valence-electron chi connectivity index (χ3n) is 4.20. The molecule has 0 saturated carbocycles. The van der Waals surface area contributed by atoms with E-state index in [0.717, 1.165) is 17.9 Å². The summed E-state index contributed by atoms with van der Waals surface area (Å²) in [4.78, 5) is 0. The summed E-state index contributed by atoms with van der Waals surface area (Å²) in [6.07, 6.45) is 9.10. The Hall–Kier alpha value is -1.70. The number of fused-ring (bicyclic) bond motifs is 1. The largest absolute Gasteiger partial charge is 0.500 e. The molecule has 0 spiro atoms. The Morgan fingerprint density at radius 2 is 2.22 bits per heavy atom. The predicted molar refractivity (Wildman–Crippen MR) is 71.1 cm³/mol. The molecule has 2 aliphatic rings. The van der Waals surface area contributed by atoms with E-state index in [-0.39, 0.29) is 5.41 Å². The molecule has 0 amide bonds. The Kier molecular flexibility index (Phi) is 2.47. The lowest BCUT2D eigenvalue weighted by atomic mass is 9.65. The first-order chi connectivity index (χ1) is 8.64. The van der Waals surface area contributed by atoms with Crippen LogP contribution >= 0.6 is 0 Å². The van der Waals surface area contributed by atoms with Crippen molar-refractivity contribution < 1.29 is 9.15 Å². The van der Waals surface area contributed by atoms with Crippen molar-refractivity contribution in [3.05, 3.63) is 59.3 Å². The molecule has 0 fully saturated rings. The minimum absolute atomic E-state index is 0.0682. The summed E-state index contributed by atoms with van der Waals surface area (Å²) in [6, 6.07) is 4.02. The Bertz CT molecular complexity index is 542. The van der Waals surface area contributed by atoms with Gasteiger partial charge in [-0.1, -0.05) is 32.1 Å². The van der Waals surface area contributed by atoms with E-state index in [4.69, 9.17) is 9.15 Å². The van der Waals surface area contributed by atoms with Gasteiger partial charge in [-0.25, -0.2) is 0 Å². The summed E-state index contributed by atoms with van der Waals surface area (Å²) in [5.74, 6) is 2.44. The van der Waals surface area contributed by atoms with Crippen LogP contribution in [0.2, 0.25) is 0 Å². The minimum atomic E-state index is 0.0682. The first kappa shape index (κ1) is 11.4. The molecule has 0 radical (unpaired) electrons. The monoisotopic (exact) mass is 242 g/mol. The van der Waals surface area contributed by atoms with Gasteiger partial charge in [0.1, 0.15) is 11.5 Å². The standard InChI is InChI=1S/C16H18O2/c1-16(2)12-7-4-6-11(12)15(17-3)10-13(16)14-8-5-9-18-14/h4-9,13H,10H2,1-3H3. The molecule has 1 aromatic rings. The number of methoxy groups -OCH3 is 1. The van der Waals surface area contributed by atoms with Gasteiger partial charge in [0.2, 0.25) is 0 Å². The van der Waals surface area contributed by atoms with Gasteiger partial charge in [0.25, 0.3) is 0 Å². The molecule has 1 heterocycles. The van der Waals surface area contributed by atoms with Crippen molar-refractivity contribution in [2.45, 2.75) is 26.2 Å². The maximum absolute atomic E-state index is 5.62. The quantitative estimate of drug-likeness (QED) is 0.776. The van der Waals surface area contributed by atoms with Crippen molar-refractivity contribution in [2.24, 2.45) is 5.41 Å². The molecule has 0 bridgehead atoms. The second-order valence-corrected chi connectivity index (χ2v) is 5.47. The summed E-state index contributed by atoms with van der Waals surface area (Å²) < 4.78 is 11.2. The second kappa shape index (κ2) is 3.91. The lowest BCUT2D eigenvalue weighted by molar-refractivity contribution is 0.211. The molecular formula is C16H18O2. The molecular weight excluding hydrogens is 224 g/mol. The number of hydrogen-bond donors (Lipinski definition) is 0. The highest BCUT2D eigenvalue weighted by Gasteiger charge is 2.43. The fourth-order valence-electron chi connectivity index (χ4n) is 3.10. The molecule has 0 aliphatic heterocycles. The molecule has 0 saturated heterocycles. The molecule has 1 unspecified atom stereocenters. The van der Waals surface area contributed by atoms with Crippen LogP contribution in [0.4, 0.5) is 0 Å². The predicted octanol–water partition coefficient (Wildman–Crippen LogP) is 4.19. The number of ether oxygens (including phenoxy) is 1. The van der Waals surface area contributed by atoms with Gasteiger partial charge >= 0.3 is 0 Å². The smallest absolute Gasteiger partial charge is 0.108 e. The number of allylic oxidation sites excluding steroid dienone is 6. The van der Waals surface area contributed by atoms with E-state index in [0.29, 0.717) is 5.92 Å². The van der Waals surface area contributed by atoms with Gasteiger partial charge in [-0.15, -0.1) is 0 Å². The van der Waals surface area contributed by atoms with Gasteiger partial charge < -0.3 is 9.15 Å². The molecule has 2 heteroatoms. The summed E-state index contributed by atoms with van der Waals surface area (Å²) in [6.45, 7) is 4.57. The molecule has 18 heavy (non-hydrogen) atoms. The van der Waals surface area contributed by atoms with E-state index in [1.165, 1.54) is 11.1 Å². The average molecular weight is 242 g/mol. The van der Waals surface area contributed by atoms with Crippen molar-refractivity contribution in [3.8, 4) is 0 Å². The maximum Gasteiger partial charge on any atom is 0.108 e. The zero-order valence-corrected chi connectivity index (χ0v) is 11.1. The van der Waals surface area contributed by atoms with Crippen LogP contribution < -0.4 is 0 Å². The molecule has 1 aromatic heterocycles.